The molecule has 0 spiro atoms. The molecule has 2 fully saturated rings. The lowest BCUT2D eigenvalue weighted by molar-refractivity contribution is -0.121. The zero-order chi connectivity index (χ0) is 12.8. The molecule has 0 aromatic heterocycles. The number of hydrogen-bond donors (Lipinski definition) is 1. The maximum atomic E-state index is 12.3. The summed E-state index contributed by atoms with van der Waals surface area (Å²) in [4.78, 5) is 12.3. The third-order valence-electron chi connectivity index (χ3n) is 4.71. The van der Waals surface area contributed by atoms with E-state index in [-0.39, 0.29) is 18.6 Å². The molecule has 3 aliphatic rings. The molecule has 4 heteroatoms. The third-order valence-corrected chi connectivity index (χ3v) is 4.71. The molecule has 0 radical (unpaired) electrons. The number of rotatable bonds is 2. The lowest BCUT2D eigenvalue weighted by Gasteiger charge is -2.20. The van der Waals surface area contributed by atoms with Crippen molar-refractivity contribution in [3.8, 4) is 11.5 Å². The molecule has 1 N–H and O–H groups in total. The molecule has 4 nitrogen and oxygen atoms in total. The van der Waals surface area contributed by atoms with Crippen molar-refractivity contribution < 1.29 is 14.3 Å². The highest BCUT2D eigenvalue weighted by Gasteiger charge is 2.43. The van der Waals surface area contributed by atoms with E-state index >= 15 is 0 Å². The van der Waals surface area contributed by atoms with Crippen molar-refractivity contribution in [3.05, 3.63) is 18.2 Å². The van der Waals surface area contributed by atoms with Gasteiger partial charge >= 0.3 is 0 Å². The van der Waals surface area contributed by atoms with Gasteiger partial charge in [-0.1, -0.05) is 6.42 Å². The summed E-state index contributed by atoms with van der Waals surface area (Å²) in [7, 11) is 0. The number of amides is 1. The predicted molar refractivity (Wildman–Crippen MR) is 70.1 cm³/mol. The average Bonchev–Trinajstić information content (AvgIpc) is 3.13. The first-order chi connectivity index (χ1) is 9.29. The van der Waals surface area contributed by atoms with E-state index in [9.17, 15) is 4.79 Å². The molecule has 1 heterocycles. The second kappa shape index (κ2) is 4.15. The number of carbonyl (C=O) groups excluding carboxylic acids is 1. The maximum Gasteiger partial charge on any atom is 0.231 e. The van der Waals surface area contributed by atoms with Crippen LogP contribution in [-0.4, -0.2) is 12.7 Å². The lowest BCUT2D eigenvalue weighted by atomic mass is 9.88. The van der Waals surface area contributed by atoms with Crippen molar-refractivity contribution in [3.63, 3.8) is 0 Å². The fourth-order valence-electron chi connectivity index (χ4n) is 3.78. The van der Waals surface area contributed by atoms with Gasteiger partial charge in [-0.25, -0.2) is 0 Å². The highest BCUT2D eigenvalue weighted by molar-refractivity contribution is 5.93. The Morgan fingerprint density at radius 1 is 1.16 bits per heavy atom. The standard InChI is InChI=1S/C15H17NO3/c17-15(12-6-9-1-2-10(12)5-9)16-11-3-4-13-14(7-11)19-8-18-13/h3-4,7,9-10,12H,1-2,5-6,8H2,(H,16,17)/t9-,10+,12-/m0/s1. The monoisotopic (exact) mass is 259 g/mol. The number of hydrogen-bond acceptors (Lipinski definition) is 3. The van der Waals surface area contributed by atoms with Gasteiger partial charge in [-0.15, -0.1) is 0 Å². The third kappa shape index (κ3) is 1.86. The normalized spacial score (nSPS) is 30.6. The minimum Gasteiger partial charge on any atom is -0.454 e. The number of anilines is 1. The zero-order valence-electron chi connectivity index (χ0n) is 10.7. The van der Waals surface area contributed by atoms with Crippen molar-refractivity contribution in [1.29, 1.82) is 0 Å². The van der Waals surface area contributed by atoms with E-state index < -0.39 is 0 Å². The molecular formula is C15H17NO3. The van der Waals surface area contributed by atoms with Crippen LogP contribution in [0, 0.1) is 17.8 Å². The van der Waals surface area contributed by atoms with E-state index in [1.807, 2.05) is 18.2 Å². The summed E-state index contributed by atoms with van der Waals surface area (Å²) in [5.41, 5.74) is 0.803. The van der Waals surface area contributed by atoms with Gasteiger partial charge in [0.2, 0.25) is 12.7 Å². The Morgan fingerprint density at radius 2 is 2.05 bits per heavy atom. The largest absolute Gasteiger partial charge is 0.454 e. The van der Waals surface area contributed by atoms with E-state index in [1.165, 1.54) is 19.3 Å². The molecule has 0 saturated heterocycles. The first kappa shape index (κ1) is 11.1. The summed E-state index contributed by atoms with van der Waals surface area (Å²) >= 11 is 0. The van der Waals surface area contributed by atoms with Gasteiger partial charge in [0.05, 0.1) is 0 Å². The Morgan fingerprint density at radius 3 is 2.84 bits per heavy atom. The van der Waals surface area contributed by atoms with Gasteiger partial charge < -0.3 is 14.8 Å². The Hall–Kier alpha value is -1.71. The minimum absolute atomic E-state index is 0.172. The highest BCUT2D eigenvalue weighted by atomic mass is 16.7. The van der Waals surface area contributed by atoms with Crippen LogP contribution in [0.5, 0.6) is 11.5 Å². The number of ether oxygens (including phenoxy) is 2. The number of benzene rings is 1. The molecule has 4 rings (SSSR count). The first-order valence-electron chi connectivity index (χ1n) is 7.00. The molecular weight excluding hydrogens is 242 g/mol. The van der Waals surface area contributed by atoms with Gasteiger partial charge in [-0.3, -0.25) is 4.79 Å². The van der Waals surface area contributed by atoms with Crippen LogP contribution >= 0.6 is 0 Å². The van der Waals surface area contributed by atoms with Crippen LogP contribution in [0.4, 0.5) is 5.69 Å². The lowest BCUT2D eigenvalue weighted by Crippen LogP contribution is -2.27. The van der Waals surface area contributed by atoms with Crippen molar-refractivity contribution in [2.24, 2.45) is 17.8 Å². The van der Waals surface area contributed by atoms with Crippen LogP contribution in [0.15, 0.2) is 18.2 Å². The smallest absolute Gasteiger partial charge is 0.231 e. The number of nitrogens with one attached hydrogen (secondary N) is 1. The van der Waals surface area contributed by atoms with E-state index in [0.29, 0.717) is 11.7 Å². The van der Waals surface area contributed by atoms with E-state index in [4.69, 9.17) is 9.47 Å². The quantitative estimate of drug-likeness (QED) is 0.888. The van der Waals surface area contributed by atoms with Crippen molar-refractivity contribution in [2.45, 2.75) is 25.7 Å². The Labute approximate surface area is 112 Å². The van der Waals surface area contributed by atoms with Crippen LogP contribution in [0.2, 0.25) is 0 Å². The van der Waals surface area contributed by atoms with Crippen LogP contribution < -0.4 is 14.8 Å². The van der Waals surface area contributed by atoms with Crippen molar-refractivity contribution in [1.82, 2.24) is 0 Å². The summed E-state index contributed by atoms with van der Waals surface area (Å²) in [6.07, 6.45) is 4.86. The maximum absolute atomic E-state index is 12.3. The van der Waals surface area contributed by atoms with Gasteiger partial charge in [0.15, 0.2) is 11.5 Å². The Bertz CT molecular complexity index is 528. The molecule has 2 bridgehead atoms. The van der Waals surface area contributed by atoms with Gasteiger partial charge in [0.1, 0.15) is 0 Å². The molecule has 1 aromatic rings. The van der Waals surface area contributed by atoms with Crippen LogP contribution in [-0.2, 0) is 4.79 Å². The van der Waals surface area contributed by atoms with Crippen molar-refractivity contribution >= 4 is 11.6 Å². The highest BCUT2D eigenvalue weighted by Crippen LogP contribution is 2.48. The summed E-state index contributed by atoms with van der Waals surface area (Å²) < 4.78 is 10.6. The minimum atomic E-state index is 0.172. The van der Waals surface area contributed by atoms with E-state index in [2.05, 4.69) is 5.32 Å². The molecule has 100 valence electrons. The number of carbonyl (C=O) groups is 1. The Balaban J connectivity index is 1.48. The summed E-state index contributed by atoms with van der Waals surface area (Å²) in [6.45, 7) is 0.263. The van der Waals surface area contributed by atoms with E-state index in [1.54, 1.807) is 0 Å². The molecule has 1 aromatic carbocycles. The molecule has 2 aliphatic carbocycles. The Kier molecular flexibility index (Phi) is 2.43. The summed E-state index contributed by atoms with van der Waals surface area (Å²) in [5, 5.41) is 3.02. The summed E-state index contributed by atoms with van der Waals surface area (Å²) in [5.74, 6) is 3.25. The van der Waals surface area contributed by atoms with Gasteiger partial charge in [-0.2, -0.15) is 0 Å². The fraction of sp³-hybridized carbons (Fsp3) is 0.533. The number of fused-ring (bicyclic) bond motifs is 3. The predicted octanol–water partition coefficient (Wildman–Crippen LogP) is 2.79. The second-order valence-electron chi connectivity index (χ2n) is 5.84. The molecule has 2 saturated carbocycles. The molecule has 1 aliphatic heterocycles. The van der Waals surface area contributed by atoms with E-state index in [0.717, 1.165) is 23.8 Å². The molecule has 1 amide bonds. The first-order valence-corrected chi connectivity index (χ1v) is 7.00. The molecule has 0 unspecified atom stereocenters. The second-order valence-corrected chi connectivity index (χ2v) is 5.84. The van der Waals surface area contributed by atoms with Crippen LogP contribution in [0.25, 0.3) is 0 Å². The van der Waals surface area contributed by atoms with Gasteiger partial charge in [0.25, 0.3) is 0 Å². The van der Waals surface area contributed by atoms with Crippen LogP contribution in [0.3, 0.4) is 0 Å². The summed E-state index contributed by atoms with van der Waals surface area (Å²) in [6, 6.07) is 5.56. The zero-order valence-corrected chi connectivity index (χ0v) is 10.7. The van der Waals surface area contributed by atoms with Gasteiger partial charge in [-0.05, 0) is 43.2 Å². The van der Waals surface area contributed by atoms with Crippen molar-refractivity contribution in [2.75, 3.05) is 12.1 Å². The average molecular weight is 259 g/mol. The molecule has 19 heavy (non-hydrogen) atoms. The molecule has 3 atom stereocenters. The van der Waals surface area contributed by atoms with Gasteiger partial charge in [0, 0.05) is 17.7 Å². The van der Waals surface area contributed by atoms with Crippen LogP contribution in [0.1, 0.15) is 25.7 Å². The topological polar surface area (TPSA) is 47.6 Å². The fourth-order valence-corrected chi connectivity index (χ4v) is 3.78. The SMILES string of the molecule is O=C(Nc1ccc2c(c1)OCO2)[C@H]1C[C@H]2CC[C@@H]1C2.